The Labute approximate surface area is 517 Å². The van der Waals surface area contributed by atoms with Crippen LogP contribution in [-0.4, -0.2) is 191 Å². The number of Topliss-reactive ketones (excluding diaryl/α,β-unsaturated/α-hetero) is 3. The molecule has 500 valence electrons. The number of carbonyl (C=O) groups excluding carboxylic acids is 7. The molecule has 26 heteroatoms. The summed E-state index contributed by atoms with van der Waals surface area (Å²) in [4.78, 5) is 103. The number of phenols is 1. The number of nitrogens with one attached hydrogen (secondary N) is 5. The lowest BCUT2D eigenvalue weighted by molar-refractivity contribution is -0.142. The highest BCUT2D eigenvalue weighted by molar-refractivity contribution is 7.85. The average Bonchev–Trinajstić information content (AvgIpc) is 2.41. The van der Waals surface area contributed by atoms with Crippen LogP contribution in [0.1, 0.15) is 181 Å². The third-order valence-corrected chi connectivity index (χ3v) is 15.3. The first-order valence-corrected chi connectivity index (χ1v) is 32.9. The van der Waals surface area contributed by atoms with Gasteiger partial charge in [-0.1, -0.05) is 96.1 Å². The topological polar surface area (TPSA) is 396 Å². The molecule has 0 aromatic heterocycles. The van der Waals surface area contributed by atoms with Crippen molar-refractivity contribution < 1.29 is 81.9 Å². The van der Waals surface area contributed by atoms with Crippen LogP contribution in [0.2, 0.25) is 0 Å². The van der Waals surface area contributed by atoms with Crippen molar-refractivity contribution in [1.29, 1.82) is 5.41 Å². The number of likely N-dealkylation sites (N-methyl/N-ethyl adjacent to an activating group) is 2. The fraction of sp³-hybridized carbons (Fsp3) is 0.754. The number of primary amides is 1. The van der Waals surface area contributed by atoms with Crippen LogP contribution in [0, 0.1) is 11.3 Å². The van der Waals surface area contributed by atoms with Crippen molar-refractivity contribution in [3.63, 3.8) is 0 Å². The minimum Gasteiger partial charge on any atom is -0.508 e. The molecule has 0 aliphatic rings. The van der Waals surface area contributed by atoms with Gasteiger partial charge in [0, 0.05) is 59.1 Å². The standard InChI is InChI=1S/C61H106N8O17S.H2/c1-3-65-51(55(73)44-69(2)53(24-16-17-25-56(62)63)54(72)43-48(60(64)77)42-47-27-29-49(70)30-28-47)23-18-19-33-66-59(76)46-86-40-37-83-35-21-22-50(71)45-85-39-38-84-36-34-67-57(74)32-31-52(61(78)79)68-58(75)26-15-13-11-9-7-5-4-6-8-10-12-14-20-41-87(80,81)82;/h27-30,48,51-53,65,70H,3-26,31-46H2,1-2H3,(H3,62,63)(H2,64,77)(H,66,76)(H,67,74)(H,68,75)(H,78,79)(H,80,81,82);1H/t48-,51+,52+,53+;/m1./s1. The average molecular weight is 1260 g/mol. The quantitative estimate of drug-likeness (QED) is 0.0175. The number of benzene rings is 1. The molecule has 1 aromatic rings. The van der Waals surface area contributed by atoms with E-state index in [1.54, 1.807) is 24.1 Å². The van der Waals surface area contributed by atoms with Crippen LogP contribution < -0.4 is 32.7 Å². The summed E-state index contributed by atoms with van der Waals surface area (Å²) in [6.45, 7) is 4.03. The number of amides is 4. The highest BCUT2D eigenvalue weighted by atomic mass is 32.2. The molecule has 0 saturated heterocycles. The summed E-state index contributed by atoms with van der Waals surface area (Å²) in [5.74, 6) is -4.10. The summed E-state index contributed by atoms with van der Waals surface area (Å²) in [7, 11) is -2.15. The monoisotopic (exact) mass is 1260 g/mol. The molecule has 1 aromatic carbocycles. The van der Waals surface area contributed by atoms with E-state index in [0.717, 1.165) is 76.2 Å². The van der Waals surface area contributed by atoms with Gasteiger partial charge in [0.15, 0.2) is 17.3 Å². The fourth-order valence-corrected chi connectivity index (χ4v) is 10.2. The summed E-state index contributed by atoms with van der Waals surface area (Å²) in [6, 6.07) is 4.02. The minimum absolute atomic E-state index is 0. The first-order valence-electron chi connectivity index (χ1n) is 31.3. The molecule has 0 heterocycles. The number of phenolic OH excluding ortho intramolecular Hbond substituents is 1. The maximum absolute atomic E-state index is 13.8. The van der Waals surface area contributed by atoms with E-state index in [1.165, 1.54) is 12.1 Å². The minimum atomic E-state index is -3.86. The molecule has 0 spiro atoms. The molecule has 1 rings (SSSR count). The molecule has 0 aliphatic carbocycles. The number of amidine groups is 1. The van der Waals surface area contributed by atoms with Gasteiger partial charge in [0.1, 0.15) is 25.0 Å². The van der Waals surface area contributed by atoms with E-state index in [4.69, 9.17) is 40.4 Å². The maximum atomic E-state index is 13.8. The lowest BCUT2D eigenvalue weighted by atomic mass is 9.89. The number of ether oxygens (including phenoxy) is 4. The molecule has 4 amide bonds. The Morgan fingerprint density at radius 2 is 1.17 bits per heavy atom. The van der Waals surface area contributed by atoms with Crippen LogP contribution in [0.5, 0.6) is 5.75 Å². The number of rotatable bonds is 60. The first-order chi connectivity index (χ1) is 41.6. The SMILES string of the molecule is CCN[C@@H](CCCCNC(=O)COCCOCCCC(=O)COCCOCCNC(=O)CC[C@H](NC(=O)CCCCCCCCCCCCCCCS(=O)(=O)O)C(=O)O)C(=O)CN(C)[C@@H](CCCCC(=N)N)C(=O)C[C@@H](Cc1ccc(O)cc1)C(N)=O.[HH]. The first kappa shape index (κ1) is 79.5. The zero-order valence-corrected chi connectivity index (χ0v) is 52.8. The highest BCUT2D eigenvalue weighted by Gasteiger charge is 2.30. The zero-order valence-electron chi connectivity index (χ0n) is 52.0. The summed E-state index contributed by atoms with van der Waals surface area (Å²) in [5, 5.41) is 38.0. The van der Waals surface area contributed by atoms with E-state index < -0.39 is 46.0 Å². The Bertz CT molecular complexity index is 2250. The van der Waals surface area contributed by atoms with E-state index in [0.29, 0.717) is 83.9 Å². The molecule has 0 radical (unpaired) electrons. The van der Waals surface area contributed by atoms with Gasteiger partial charge in [-0.25, -0.2) is 4.79 Å². The van der Waals surface area contributed by atoms with Gasteiger partial charge in [-0.05, 0) is 95.5 Å². The number of unbranched alkanes of at least 4 members (excludes halogenated alkanes) is 14. The number of carboxylic acid groups (broad SMARTS) is 1. The molecule has 0 fully saturated rings. The number of carboxylic acids is 1. The molecular formula is C61H108N8O17S. The van der Waals surface area contributed by atoms with E-state index in [9.17, 15) is 57.0 Å². The van der Waals surface area contributed by atoms with Crippen molar-refractivity contribution >= 4 is 62.9 Å². The van der Waals surface area contributed by atoms with Gasteiger partial charge in [-0.15, -0.1) is 0 Å². The van der Waals surface area contributed by atoms with Gasteiger partial charge in [0.2, 0.25) is 23.6 Å². The van der Waals surface area contributed by atoms with E-state index >= 15 is 0 Å². The number of aliphatic carboxylic acids is 1. The Kier molecular flexibility index (Phi) is 46.1. The number of carbonyl (C=O) groups is 8. The van der Waals surface area contributed by atoms with Crippen LogP contribution in [0.3, 0.4) is 0 Å². The molecule has 0 saturated carbocycles. The molecular weight excluding hydrogens is 1150 g/mol. The summed E-state index contributed by atoms with van der Waals surface area (Å²) < 4.78 is 52.0. The number of hydrogen-bond donors (Lipinski definition) is 10. The van der Waals surface area contributed by atoms with Crippen molar-refractivity contribution in [3.8, 4) is 5.75 Å². The third kappa shape index (κ3) is 45.4. The smallest absolute Gasteiger partial charge is 0.326 e. The van der Waals surface area contributed by atoms with E-state index in [2.05, 4.69) is 21.3 Å². The second-order valence-corrected chi connectivity index (χ2v) is 23.8. The maximum Gasteiger partial charge on any atom is 0.326 e. The van der Waals surface area contributed by atoms with Crippen LogP contribution in [0.15, 0.2) is 24.3 Å². The van der Waals surface area contributed by atoms with Gasteiger partial charge >= 0.3 is 5.97 Å². The van der Waals surface area contributed by atoms with E-state index in [-0.39, 0.29) is 152 Å². The van der Waals surface area contributed by atoms with Crippen LogP contribution >= 0.6 is 0 Å². The lowest BCUT2D eigenvalue weighted by Gasteiger charge is -2.29. The Hall–Kier alpha value is -5.48. The predicted molar refractivity (Wildman–Crippen MR) is 333 cm³/mol. The number of hydrogen-bond acceptors (Lipinski definition) is 18. The number of aromatic hydroxyl groups is 1. The van der Waals surface area contributed by atoms with Crippen molar-refractivity contribution in [1.82, 2.24) is 26.2 Å². The number of nitrogens with two attached hydrogens (primary N) is 2. The van der Waals surface area contributed by atoms with Crippen LogP contribution in [-0.2, 0) is 73.8 Å². The van der Waals surface area contributed by atoms with E-state index in [1.807, 2.05) is 6.92 Å². The number of nitrogens with zero attached hydrogens (tertiary/aromatic N) is 1. The predicted octanol–water partition coefficient (Wildman–Crippen LogP) is 5.10. The van der Waals surface area contributed by atoms with Gasteiger partial charge in [-0.2, -0.15) is 8.42 Å². The normalized spacial score (nSPS) is 12.9. The lowest BCUT2D eigenvalue weighted by Crippen LogP contribution is -2.47. The van der Waals surface area contributed by atoms with Crippen LogP contribution in [0.4, 0.5) is 0 Å². The van der Waals surface area contributed by atoms with Gasteiger partial charge in [-0.3, -0.25) is 48.4 Å². The highest BCUT2D eigenvalue weighted by Crippen LogP contribution is 2.21. The molecule has 0 aliphatic heterocycles. The van der Waals surface area contributed by atoms with Crippen LogP contribution in [0.25, 0.3) is 0 Å². The Morgan fingerprint density at radius 1 is 0.609 bits per heavy atom. The molecule has 25 nitrogen and oxygen atoms in total. The van der Waals surface area contributed by atoms with Crippen molar-refractivity contribution in [2.45, 2.75) is 198 Å². The largest absolute Gasteiger partial charge is 0.508 e. The molecule has 4 atom stereocenters. The Morgan fingerprint density at radius 3 is 1.77 bits per heavy atom. The molecule has 87 heavy (non-hydrogen) atoms. The number of ketones is 3. The van der Waals surface area contributed by atoms with Crippen molar-refractivity contribution in [2.24, 2.45) is 17.4 Å². The molecule has 12 N–H and O–H groups in total. The summed E-state index contributed by atoms with van der Waals surface area (Å²) in [6.07, 6.45) is 17.2. The third-order valence-electron chi connectivity index (χ3n) is 14.5. The fourth-order valence-electron chi connectivity index (χ4n) is 9.59. The van der Waals surface area contributed by atoms with Gasteiger partial charge in [0.05, 0.1) is 63.3 Å². The second kappa shape index (κ2) is 50.4. The second-order valence-electron chi connectivity index (χ2n) is 22.2. The summed E-state index contributed by atoms with van der Waals surface area (Å²) in [5.41, 5.74) is 12.0. The Balaban J connectivity index is 0.0000757. The zero-order chi connectivity index (χ0) is 64.5. The molecule has 0 unspecified atom stereocenters. The molecule has 0 bridgehead atoms. The van der Waals surface area contributed by atoms with Crippen molar-refractivity contribution in [3.05, 3.63) is 29.8 Å². The van der Waals surface area contributed by atoms with Gasteiger partial charge in [0.25, 0.3) is 10.1 Å². The summed E-state index contributed by atoms with van der Waals surface area (Å²) >= 11 is 0. The van der Waals surface area contributed by atoms with Crippen molar-refractivity contribution in [2.75, 3.05) is 91.8 Å². The van der Waals surface area contributed by atoms with Gasteiger partial charge < -0.3 is 61.9 Å².